The van der Waals surface area contributed by atoms with Gasteiger partial charge in [-0.2, -0.15) is 0 Å². The summed E-state index contributed by atoms with van der Waals surface area (Å²) in [5, 5.41) is 2.58. The van der Waals surface area contributed by atoms with Crippen molar-refractivity contribution in [2.24, 2.45) is 0 Å². The van der Waals surface area contributed by atoms with Gasteiger partial charge in [0.15, 0.2) is 0 Å². The van der Waals surface area contributed by atoms with Crippen LogP contribution in [-0.2, 0) is 32.6 Å². The number of halogens is 1. The number of carbonyl (C=O) groups excluding carboxylic acids is 2. The molecule has 0 saturated heterocycles. The number of rotatable bonds is 10. The zero-order valence-corrected chi connectivity index (χ0v) is 22.9. The third-order valence-corrected chi connectivity index (χ3v) is 8.18. The van der Waals surface area contributed by atoms with E-state index in [9.17, 15) is 18.0 Å². The van der Waals surface area contributed by atoms with Gasteiger partial charge in [-0.3, -0.25) is 13.9 Å². The van der Waals surface area contributed by atoms with Gasteiger partial charge in [0, 0.05) is 18.1 Å². The third kappa shape index (κ3) is 6.53. The number of sulfonamides is 1. The molecule has 7 nitrogen and oxygen atoms in total. The van der Waals surface area contributed by atoms with Crippen molar-refractivity contribution in [1.82, 2.24) is 10.2 Å². The van der Waals surface area contributed by atoms with Crippen LogP contribution < -0.4 is 9.62 Å². The maximum atomic E-state index is 13.7. The summed E-state index contributed by atoms with van der Waals surface area (Å²) < 4.78 is 29.3. The highest BCUT2D eigenvalue weighted by Gasteiger charge is 2.32. The fourth-order valence-electron chi connectivity index (χ4n) is 3.77. The molecule has 0 unspecified atom stereocenters. The largest absolute Gasteiger partial charge is 0.357 e. The SMILES string of the molecule is CCc1ccc(N(CC(=O)N(Cc2cccc(Br)c2)[C@@H](C)C(=O)NC)S(=O)(=O)c2ccccc2)cc1. The van der Waals surface area contributed by atoms with Gasteiger partial charge in [0.05, 0.1) is 10.6 Å². The Balaban J connectivity index is 2.02. The summed E-state index contributed by atoms with van der Waals surface area (Å²) in [6, 6.07) is 21.7. The molecule has 0 aromatic heterocycles. The Morgan fingerprint density at radius 1 is 0.944 bits per heavy atom. The van der Waals surface area contributed by atoms with Gasteiger partial charge in [-0.05, 0) is 60.9 Å². The van der Waals surface area contributed by atoms with Crippen LogP contribution in [0.5, 0.6) is 0 Å². The number of anilines is 1. The average molecular weight is 573 g/mol. The number of nitrogens with zero attached hydrogens (tertiary/aromatic N) is 2. The van der Waals surface area contributed by atoms with Gasteiger partial charge in [0.25, 0.3) is 10.0 Å². The van der Waals surface area contributed by atoms with Gasteiger partial charge in [-0.15, -0.1) is 0 Å². The first-order valence-corrected chi connectivity index (χ1v) is 13.8. The Morgan fingerprint density at radius 2 is 1.61 bits per heavy atom. The summed E-state index contributed by atoms with van der Waals surface area (Å²) in [7, 11) is -2.55. The van der Waals surface area contributed by atoms with Crippen LogP contribution in [0.4, 0.5) is 5.69 Å². The molecule has 3 aromatic carbocycles. The average Bonchev–Trinajstić information content (AvgIpc) is 2.90. The topological polar surface area (TPSA) is 86.8 Å². The number of amides is 2. The minimum Gasteiger partial charge on any atom is -0.357 e. The van der Waals surface area contributed by atoms with Crippen LogP contribution in [0, 0.1) is 0 Å². The zero-order valence-electron chi connectivity index (χ0n) is 20.5. The summed E-state index contributed by atoms with van der Waals surface area (Å²) in [5.41, 5.74) is 2.23. The smallest absolute Gasteiger partial charge is 0.264 e. The Bertz CT molecular complexity index is 1300. The Labute approximate surface area is 221 Å². The van der Waals surface area contributed by atoms with Gasteiger partial charge in [-0.1, -0.05) is 65.3 Å². The molecule has 3 aromatic rings. The fourth-order valence-corrected chi connectivity index (χ4v) is 5.65. The summed E-state index contributed by atoms with van der Waals surface area (Å²) >= 11 is 3.43. The molecule has 0 aliphatic rings. The second-order valence-corrected chi connectivity index (χ2v) is 11.1. The van der Waals surface area contributed by atoms with E-state index < -0.39 is 28.5 Å². The van der Waals surface area contributed by atoms with E-state index in [2.05, 4.69) is 21.2 Å². The highest BCUT2D eigenvalue weighted by molar-refractivity contribution is 9.10. The van der Waals surface area contributed by atoms with Crippen molar-refractivity contribution >= 4 is 43.5 Å². The molecule has 0 saturated carbocycles. The standard InChI is InChI=1S/C27H30BrN3O4S/c1-4-21-13-15-24(16-14-21)31(36(34,35)25-11-6-5-7-12-25)19-26(32)30(20(2)27(33)29-3)18-22-9-8-10-23(28)17-22/h5-17,20H,4,18-19H2,1-3H3,(H,29,33)/t20-/m0/s1. The van der Waals surface area contributed by atoms with E-state index in [0.717, 1.165) is 26.3 Å². The molecular formula is C27H30BrN3O4S. The maximum absolute atomic E-state index is 13.7. The second-order valence-electron chi connectivity index (χ2n) is 8.29. The van der Waals surface area contributed by atoms with E-state index in [1.807, 2.05) is 43.3 Å². The number of hydrogen-bond donors (Lipinski definition) is 1. The number of nitrogens with one attached hydrogen (secondary N) is 1. The first kappa shape index (κ1) is 27.4. The van der Waals surface area contributed by atoms with Gasteiger partial charge in [-0.25, -0.2) is 8.42 Å². The van der Waals surface area contributed by atoms with Crippen molar-refractivity contribution in [2.75, 3.05) is 17.9 Å². The molecule has 2 amide bonds. The lowest BCUT2D eigenvalue weighted by Gasteiger charge is -2.31. The van der Waals surface area contributed by atoms with Crippen molar-refractivity contribution in [3.8, 4) is 0 Å². The van der Waals surface area contributed by atoms with Crippen LogP contribution in [0.15, 0.2) is 88.2 Å². The van der Waals surface area contributed by atoms with Crippen LogP contribution in [0.1, 0.15) is 25.0 Å². The van der Waals surface area contributed by atoms with Crippen LogP contribution in [0.3, 0.4) is 0 Å². The number of hydrogen-bond acceptors (Lipinski definition) is 4. The molecule has 0 radical (unpaired) electrons. The molecular weight excluding hydrogens is 542 g/mol. The van der Waals surface area contributed by atoms with E-state index in [0.29, 0.717) is 5.69 Å². The van der Waals surface area contributed by atoms with Crippen molar-refractivity contribution in [3.05, 3.63) is 94.5 Å². The van der Waals surface area contributed by atoms with Gasteiger partial charge in [0.2, 0.25) is 11.8 Å². The Hall–Kier alpha value is -3.17. The molecule has 1 N–H and O–H groups in total. The molecule has 36 heavy (non-hydrogen) atoms. The van der Waals surface area contributed by atoms with Crippen molar-refractivity contribution in [3.63, 3.8) is 0 Å². The van der Waals surface area contributed by atoms with Gasteiger partial charge < -0.3 is 10.2 Å². The molecule has 9 heteroatoms. The monoisotopic (exact) mass is 571 g/mol. The van der Waals surface area contributed by atoms with Crippen molar-refractivity contribution < 1.29 is 18.0 Å². The van der Waals surface area contributed by atoms with E-state index in [4.69, 9.17) is 0 Å². The van der Waals surface area contributed by atoms with E-state index >= 15 is 0 Å². The predicted octanol–water partition coefficient (Wildman–Crippen LogP) is 4.37. The molecule has 1 atom stereocenters. The van der Waals surface area contributed by atoms with Crippen molar-refractivity contribution in [1.29, 1.82) is 0 Å². The summed E-state index contributed by atoms with van der Waals surface area (Å²) in [6.07, 6.45) is 0.800. The molecule has 3 rings (SSSR count). The lowest BCUT2D eigenvalue weighted by Crippen LogP contribution is -2.50. The highest BCUT2D eigenvalue weighted by atomic mass is 79.9. The molecule has 0 bridgehead atoms. The summed E-state index contributed by atoms with van der Waals surface area (Å²) in [4.78, 5) is 27.7. The minimum absolute atomic E-state index is 0.0789. The Kier molecular flexibility index (Phi) is 9.28. The fraction of sp³-hybridized carbons (Fsp3) is 0.259. The first-order valence-electron chi connectivity index (χ1n) is 11.6. The minimum atomic E-state index is -4.06. The zero-order chi connectivity index (χ0) is 26.3. The molecule has 190 valence electrons. The first-order chi connectivity index (χ1) is 17.2. The number of carbonyl (C=O) groups is 2. The Morgan fingerprint density at radius 3 is 2.19 bits per heavy atom. The van der Waals surface area contributed by atoms with E-state index in [-0.39, 0.29) is 17.3 Å². The maximum Gasteiger partial charge on any atom is 0.264 e. The normalized spacial score (nSPS) is 12.0. The van der Waals surface area contributed by atoms with E-state index in [1.165, 1.54) is 24.1 Å². The van der Waals surface area contributed by atoms with Crippen LogP contribution in [-0.4, -0.2) is 44.8 Å². The molecule has 0 fully saturated rings. The van der Waals surface area contributed by atoms with Gasteiger partial charge >= 0.3 is 0 Å². The van der Waals surface area contributed by atoms with Crippen molar-refractivity contribution in [2.45, 2.75) is 37.8 Å². The number of likely N-dealkylation sites (N-methyl/N-ethyl adjacent to an activating group) is 1. The lowest BCUT2D eigenvalue weighted by atomic mass is 10.1. The third-order valence-electron chi connectivity index (χ3n) is 5.90. The molecule has 0 aliphatic carbocycles. The second kappa shape index (κ2) is 12.2. The summed E-state index contributed by atoms with van der Waals surface area (Å²) in [6.45, 7) is 3.32. The quantitative estimate of drug-likeness (QED) is 0.391. The van der Waals surface area contributed by atoms with Crippen LogP contribution in [0.25, 0.3) is 0 Å². The highest BCUT2D eigenvalue weighted by Crippen LogP contribution is 2.25. The summed E-state index contributed by atoms with van der Waals surface area (Å²) in [5.74, 6) is -0.840. The predicted molar refractivity (Wildman–Crippen MR) is 145 cm³/mol. The number of benzene rings is 3. The van der Waals surface area contributed by atoms with E-state index in [1.54, 1.807) is 37.3 Å². The van der Waals surface area contributed by atoms with Gasteiger partial charge in [0.1, 0.15) is 12.6 Å². The molecule has 0 aliphatic heterocycles. The van der Waals surface area contributed by atoms with Crippen LogP contribution in [0.2, 0.25) is 0 Å². The number of aryl methyl sites for hydroxylation is 1. The molecule has 0 spiro atoms. The van der Waals surface area contributed by atoms with Crippen LogP contribution >= 0.6 is 15.9 Å². The molecule has 0 heterocycles. The lowest BCUT2D eigenvalue weighted by molar-refractivity contribution is -0.139.